The van der Waals surface area contributed by atoms with Crippen LogP contribution in [0.25, 0.3) is 0 Å². The molecule has 1 saturated heterocycles. The molecule has 1 fully saturated rings. The van der Waals surface area contributed by atoms with Gasteiger partial charge in [0, 0.05) is 37.7 Å². The van der Waals surface area contributed by atoms with Gasteiger partial charge in [-0.15, -0.1) is 0 Å². The quantitative estimate of drug-likeness (QED) is 0.504. The fourth-order valence-corrected chi connectivity index (χ4v) is 2.82. The van der Waals surface area contributed by atoms with Gasteiger partial charge in [0.15, 0.2) is 0 Å². The molecule has 0 aliphatic carbocycles. The van der Waals surface area contributed by atoms with E-state index in [0.29, 0.717) is 42.4 Å². The van der Waals surface area contributed by atoms with E-state index in [1.54, 1.807) is 31.2 Å². The van der Waals surface area contributed by atoms with Crippen LogP contribution in [-0.4, -0.2) is 42.3 Å². The molecule has 1 aromatic rings. The first-order chi connectivity index (χ1) is 11.9. The average Bonchev–Trinajstić information content (AvgIpc) is 2.59. The molecule has 1 N–H and O–H groups in total. The van der Waals surface area contributed by atoms with Gasteiger partial charge in [0.05, 0.1) is 0 Å². The number of hydrogen-bond acceptors (Lipinski definition) is 4. The Morgan fingerprint density at radius 3 is 2.52 bits per heavy atom. The molecule has 6 nitrogen and oxygen atoms in total. The molecule has 0 spiro atoms. The Morgan fingerprint density at radius 1 is 1.24 bits per heavy atom. The average molecular weight is 344 g/mol. The number of amides is 2. The number of likely N-dealkylation sites (tertiary alicyclic amines) is 1. The second-order valence-corrected chi connectivity index (χ2v) is 6.35. The number of rotatable bonds is 5. The molecule has 0 radical (unpaired) electrons. The summed E-state index contributed by atoms with van der Waals surface area (Å²) in [7, 11) is 0. The fourth-order valence-electron chi connectivity index (χ4n) is 2.82. The monoisotopic (exact) mass is 344 g/mol. The van der Waals surface area contributed by atoms with Crippen molar-refractivity contribution in [2.24, 2.45) is 5.92 Å². The van der Waals surface area contributed by atoms with E-state index in [0.717, 1.165) is 12.8 Å². The molecule has 25 heavy (non-hydrogen) atoms. The van der Waals surface area contributed by atoms with Crippen molar-refractivity contribution in [3.8, 4) is 5.75 Å². The number of hydrogen-bond donors (Lipinski definition) is 1. The first kappa shape index (κ1) is 18.7. The van der Waals surface area contributed by atoms with Gasteiger partial charge in [0.2, 0.25) is 5.91 Å². The van der Waals surface area contributed by atoms with Crippen LogP contribution in [0.1, 0.15) is 37.0 Å². The topological polar surface area (TPSA) is 75.7 Å². The summed E-state index contributed by atoms with van der Waals surface area (Å²) >= 11 is 0. The number of ether oxygens (including phenoxy) is 1. The van der Waals surface area contributed by atoms with Crippen LogP contribution in [-0.2, 0) is 9.59 Å². The molecular formula is C19H24N2O4. The zero-order valence-electron chi connectivity index (χ0n) is 14.7. The molecule has 134 valence electrons. The Morgan fingerprint density at radius 2 is 1.92 bits per heavy atom. The predicted octanol–water partition coefficient (Wildman–Crippen LogP) is 2.16. The molecule has 1 heterocycles. The summed E-state index contributed by atoms with van der Waals surface area (Å²) < 4.78 is 4.99. The molecule has 0 bridgehead atoms. The number of carbonyl (C=O) groups is 3. The molecule has 2 rings (SSSR count). The summed E-state index contributed by atoms with van der Waals surface area (Å²) in [5.74, 6) is 0.0781. The van der Waals surface area contributed by atoms with E-state index in [-0.39, 0.29) is 11.8 Å². The van der Waals surface area contributed by atoms with Gasteiger partial charge in [-0.2, -0.15) is 0 Å². The highest BCUT2D eigenvalue weighted by Gasteiger charge is 2.23. The lowest BCUT2D eigenvalue weighted by atomic mass is 9.96. The molecular weight excluding hydrogens is 320 g/mol. The minimum absolute atomic E-state index is 0.00442. The van der Waals surface area contributed by atoms with Crippen LogP contribution < -0.4 is 10.1 Å². The third-order valence-electron chi connectivity index (χ3n) is 4.18. The second kappa shape index (κ2) is 8.46. The van der Waals surface area contributed by atoms with Gasteiger partial charge >= 0.3 is 5.97 Å². The van der Waals surface area contributed by atoms with Crippen molar-refractivity contribution in [3.05, 3.63) is 42.0 Å². The highest BCUT2D eigenvalue weighted by molar-refractivity contribution is 5.94. The third kappa shape index (κ3) is 5.45. The standard InChI is InChI=1S/C19H24N2O4/c1-13(2)19(24)21-9-7-15(8-10-21)12-20-18(23)16-5-4-6-17(11-16)25-14(3)22/h4-6,11,15H,1,7-10,12H2,2-3H3,(H,20,23). The zero-order valence-corrected chi connectivity index (χ0v) is 14.7. The van der Waals surface area contributed by atoms with E-state index in [2.05, 4.69) is 11.9 Å². The maximum atomic E-state index is 12.3. The lowest BCUT2D eigenvalue weighted by Gasteiger charge is -2.32. The lowest BCUT2D eigenvalue weighted by molar-refractivity contribution is -0.132. The first-order valence-electron chi connectivity index (χ1n) is 8.38. The van der Waals surface area contributed by atoms with Crippen molar-refractivity contribution in [1.29, 1.82) is 0 Å². The maximum absolute atomic E-state index is 12.3. The van der Waals surface area contributed by atoms with Gasteiger partial charge in [0.25, 0.3) is 5.91 Å². The lowest BCUT2D eigenvalue weighted by Crippen LogP contribution is -2.41. The van der Waals surface area contributed by atoms with Crippen molar-refractivity contribution >= 4 is 17.8 Å². The van der Waals surface area contributed by atoms with Crippen LogP contribution in [0.15, 0.2) is 36.4 Å². The Labute approximate surface area is 147 Å². The van der Waals surface area contributed by atoms with Gasteiger partial charge in [-0.25, -0.2) is 0 Å². The highest BCUT2D eigenvalue weighted by Crippen LogP contribution is 2.18. The summed E-state index contributed by atoms with van der Waals surface area (Å²) in [4.78, 5) is 36.9. The Kier molecular flexibility index (Phi) is 6.33. The predicted molar refractivity (Wildman–Crippen MR) is 94.2 cm³/mol. The molecule has 6 heteroatoms. The van der Waals surface area contributed by atoms with Crippen LogP contribution in [0, 0.1) is 5.92 Å². The van der Waals surface area contributed by atoms with E-state index in [1.807, 2.05) is 4.90 Å². The minimum atomic E-state index is -0.423. The first-order valence-corrected chi connectivity index (χ1v) is 8.38. The van der Waals surface area contributed by atoms with E-state index >= 15 is 0 Å². The van der Waals surface area contributed by atoms with E-state index < -0.39 is 5.97 Å². The Balaban J connectivity index is 1.82. The molecule has 0 aromatic heterocycles. The summed E-state index contributed by atoms with van der Waals surface area (Å²) in [6, 6.07) is 6.53. The summed E-state index contributed by atoms with van der Waals surface area (Å²) in [5, 5.41) is 2.92. The number of esters is 1. The van der Waals surface area contributed by atoms with Crippen LogP contribution in [0.3, 0.4) is 0 Å². The van der Waals surface area contributed by atoms with Gasteiger partial charge < -0.3 is 15.0 Å². The SMILES string of the molecule is C=C(C)C(=O)N1CCC(CNC(=O)c2cccc(OC(C)=O)c2)CC1. The highest BCUT2D eigenvalue weighted by atomic mass is 16.5. The van der Waals surface area contributed by atoms with Crippen molar-refractivity contribution in [2.45, 2.75) is 26.7 Å². The number of piperidine rings is 1. The molecule has 1 aliphatic rings. The summed E-state index contributed by atoms with van der Waals surface area (Å²) in [5.41, 5.74) is 1.01. The molecule has 1 aliphatic heterocycles. The number of carbonyl (C=O) groups excluding carboxylic acids is 3. The van der Waals surface area contributed by atoms with Crippen molar-refractivity contribution in [2.75, 3.05) is 19.6 Å². The zero-order chi connectivity index (χ0) is 18.4. The molecule has 0 saturated carbocycles. The van der Waals surface area contributed by atoms with Gasteiger partial charge in [-0.3, -0.25) is 14.4 Å². The maximum Gasteiger partial charge on any atom is 0.308 e. The minimum Gasteiger partial charge on any atom is -0.427 e. The smallest absolute Gasteiger partial charge is 0.308 e. The largest absolute Gasteiger partial charge is 0.427 e. The molecule has 0 unspecified atom stereocenters. The van der Waals surface area contributed by atoms with Gasteiger partial charge in [-0.05, 0) is 43.9 Å². The van der Waals surface area contributed by atoms with E-state index in [4.69, 9.17) is 4.74 Å². The number of benzene rings is 1. The van der Waals surface area contributed by atoms with Crippen LogP contribution in [0.4, 0.5) is 0 Å². The van der Waals surface area contributed by atoms with Crippen LogP contribution in [0.2, 0.25) is 0 Å². The van der Waals surface area contributed by atoms with Crippen LogP contribution >= 0.6 is 0 Å². The third-order valence-corrected chi connectivity index (χ3v) is 4.18. The van der Waals surface area contributed by atoms with Crippen molar-refractivity contribution in [3.63, 3.8) is 0 Å². The number of nitrogens with one attached hydrogen (secondary N) is 1. The summed E-state index contributed by atoms with van der Waals surface area (Å²) in [6.07, 6.45) is 1.71. The molecule has 0 atom stereocenters. The second-order valence-electron chi connectivity index (χ2n) is 6.35. The van der Waals surface area contributed by atoms with E-state index in [1.165, 1.54) is 6.92 Å². The Bertz CT molecular complexity index is 676. The Hall–Kier alpha value is -2.63. The summed E-state index contributed by atoms with van der Waals surface area (Å²) in [6.45, 7) is 8.66. The van der Waals surface area contributed by atoms with Gasteiger partial charge in [-0.1, -0.05) is 12.6 Å². The van der Waals surface area contributed by atoms with Crippen molar-refractivity contribution in [1.82, 2.24) is 10.2 Å². The molecule has 1 aromatic carbocycles. The van der Waals surface area contributed by atoms with Crippen molar-refractivity contribution < 1.29 is 19.1 Å². The van der Waals surface area contributed by atoms with Crippen LogP contribution in [0.5, 0.6) is 5.75 Å². The molecule has 2 amide bonds. The van der Waals surface area contributed by atoms with Gasteiger partial charge in [0.1, 0.15) is 5.75 Å². The normalized spacial score (nSPS) is 14.7. The van der Waals surface area contributed by atoms with E-state index in [9.17, 15) is 14.4 Å². The number of nitrogens with zero attached hydrogens (tertiary/aromatic N) is 1. The fraction of sp³-hybridized carbons (Fsp3) is 0.421.